The predicted molar refractivity (Wildman–Crippen MR) is 116 cm³/mol. The number of carbonyl (C=O) groups is 4. The van der Waals surface area contributed by atoms with Crippen molar-refractivity contribution in [2.24, 2.45) is 5.73 Å². The molecular formula is C22H33N3O6. The van der Waals surface area contributed by atoms with Crippen LogP contribution in [-0.4, -0.2) is 40.6 Å². The highest BCUT2D eigenvalue weighted by Crippen LogP contribution is 2.15. The molecule has 5 N–H and O–H groups in total. The Morgan fingerprint density at radius 3 is 2.42 bits per heavy atom. The lowest BCUT2D eigenvalue weighted by Crippen LogP contribution is -2.46. The van der Waals surface area contributed by atoms with Gasteiger partial charge in [-0.05, 0) is 64.2 Å². The van der Waals surface area contributed by atoms with E-state index in [2.05, 4.69) is 10.6 Å². The van der Waals surface area contributed by atoms with Gasteiger partial charge in [0.1, 0.15) is 11.6 Å². The molecule has 1 aromatic rings. The van der Waals surface area contributed by atoms with Crippen molar-refractivity contribution in [2.45, 2.75) is 77.4 Å². The summed E-state index contributed by atoms with van der Waals surface area (Å²) in [5.74, 6) is -1.85. The number of anilines is 1. The standard InChI is InChI=1S/C22H33N3O6/c1-22(2,3)31-21(30)25-17(12-13-18(23)26)20(29)24-16-10-7-9-15(14-16)8-5-4-6-11-19(27)28/h7,9-10,14,17H,4-6,8,11-13H2,1-3H3,(H2,23,26)(H,24,29)(H,25,30)(H,27,28)/t17-/m0/s1. The Bertz CT molecular complexity index is 773. The molecule has 1 atom stereocenters. The lowest BCUT2D eigenvalue weighted by atomic mass is 10.1. The molecule has 0 aliphatic heterocycles. The Morgan fingerprint density at radius 2 is 1.81 bits per heavy atom. The number of aliphatic carboxylic acids is 1. The van der Waals surface area contributed by atoms with Gasteiger partial charge in [0.2, 0.25) is 11.8 Å². The van der Waals surface area contributed by atoms with Gasteiger partial charge in [-0.15, -0.1) is 0 Å². The lowest BCUT2D eigenvalue weighted by molar-refractivity contribution is -0.137. The average molecular weight is 436 g/mol. The van der Waals surface area contributed by atoms with E-state index in [1.165, 1.54) is 0 Å². The van der Waals surface area contributed by atoms with E-state index >= 15 is 0 Å². The highest BCUT2D eigenvalue weighted by atomic mass is 16.6. The van der Waals surface area contributed by atoms with Crippen molar-refractivity contribution in [3.63, 3.8) is 0 Å². The molecule has 0 bridgehead atoms. The number of alkyl carbamates (subject to hydrolysis) is 1. The van der Waals surface area contributed by atoms with Crippen LogP contribution in [0.2, 0.25) is 0 Å². The van der Waals surface area contributed by atoms with Crippen molar-refractivity contribution >= 4 is 29.6 Å². The van der Waals surface area contributed by atoms with Gasteiger partial charge >= 0.3 is 12.1 Å². The Labute approximate surface area is 182 Å². The lowest BCUT2D eigenvalue weighted by Gasteiger charge is -2.23. The molecule has 0 radical (unpaired) electrons. The van der Waals surface area contributed by atoms with Gasteiger partial charge in [0, 0.05) is 18.5 Å². The van der Waals surface area contributed by atoms with Crippen LogP contribution in [0.1, 0.15) is 64.9 Å². The Kier molecular flexibility index (Phi) is 10.5. The second-order valence-corrected chi connectivity index (χ2v) is 8.35. The van der Waals surface area contributed by atoms with Crippen molar-refractivity contribution in [3.8, 4) is 0 Å². The number of benzene rings is 1. The quantitative estimate of drug-likeness (QED) is 0.371. The van der Waals surface area contributed by atoms with Crippen LogP contribution in [0.5, 0.6) is 0 Å². The van der Waals surface area contributed by atoms with Gasteiger partial charge in [0.15, 0.2) is 0 Å². The third kappa shape index (κ3) is 12.2. The van der Waals surface area contributed by atoms with E-state index in [1.807, 2.05) is 18.2 Å². The maximum atomic E-state index is 12.7. The van der Waals surface area contributed by atoms with Gasteiger partial charge in [0.05, 0.1) is 0 Å². The van der Waals surface area contributed by atoms with Gasteiger partial charge in [-0.2, -0.15) is 0 Å². The van der Waals surface area contributed by atoms with E-state index in [9.17, 15) is 19.2 Å². The molecule has 172 valence electrons. The second-order valence-electron chi connectivity index (χ2n) is 8.35. The number of rotatable bonds is 12. The van der Waals surface area contributed by atoms with Gasteiger partial charge in [-0.25, -0.2) is 4.79 Å². The monoisotopic (exact) mass is 435 g/mol. The summed E-state index contributed by atoms with van der Waals surface area (Å²) < 4.78 is 5.19. The van der Waals surface area contributed by atoms with E-state index in [0.717, 1.165) is 24.8 Å². The van der Waals surface area contributed by atoms with Crippen LogP contribution >= 0.6 is 0 Å². The number of hydrogen-bond acceptors (Lipinski definition) is 5. The SMILES string of the molecule is CC(C)(C)OC(=O)N[C@@H](CCC(N)=O)C(=O)Nc1cccc(CCCCCC(=O)O)c1. The molecule has 0 saturated heterocycles. The first-order valence-electron chi connectivity index (χ1n) is 10.4. The molecule has 31 heavy (non-hydrogen) atoms. The van der Waals surface area contributed by atoms with Crippen molar-refractivity contribution < 1.29 is 29.0 Å². The zero-order valence-corrected chi connectivity index (χ0v) is 18.4. The summed E-state index contributed by atoms with van der Waals surface area (Å²) in [6.07, 6.45) is 2.41. The molecule has 0 saturated carbocycles. The van der Waals surface area contributed by atoms with E-state index in [1.54, 1.807) is 26.8 Å². The van der Waals surface area contributed by atoms with Crippen molar-refractivity contribution in [1.82, 2.24) is 5.32 Å². The number of carboxylic acid groups (broad SMARTS) is 1. The van der Waals surface area contributed by atoms with Crippen LogP contribution in [0.4, 0.5) is 10.5 Å². The largest absolute Gasteiger partial charge is 0.481 e. The number of ether oxygens (including phenoxy) is 1. The molecule has 0 spiro atoms. The topological polar surface area (TPSA) is 148 Å². The normalized spacial score (nSPS) is 12.0. The maximum absolute atomic E-state index is 12.7. The molecular weight excluding hydrogens is 402 g/mol. The fourth-order valence-electron chi connectivity index (χ4n) is 2.82. The van der Waals surface area contributed by atoms with Crippen LogP contribution in [0.15, 0.2) is 24.3 Å². The number of nitrogens with two attached hydrogens (primary N) is 1. The molecule has 0 unspecified atom stereocenters. The number of amides is 3. The zero-order chi connectivity index (χ0) is 23.4. The molecule has 9 heteroatoms. The summed E-state index contributed by atoms with van der Waals surface area (Å²) in [7, 11) is 0. The summed E-state index contributed by atoms with van der Waals surface area (Å²) >= 11 is 0. The third-order valence-electron chi connectivity index (χ3n) is 4.24. The van der Waals surface area contributed by atoms with Gasteiger partial charge in [0.25, 0.3) is 0 Å². The van der Waals surface area contributed by atoms with Crippen LogP contribution < -0.4 is 16.4 Å². The van der Waals surface area contributed by atoms with Crippen molar-refractivity contribution in [2.75, 3.05) is 5.32 Å². The van der Waals surface area contributed by atoms with E-state index in [4.69, 9.17) is 15.6 Å². The molecule has 3 amide bonds. The Balaban J connectivity index is 2.70. The van der Waals surface area contributed by atoms with Crippen LogP contribution in [0, 0.1) is 0 Å². The van der Waals surface area contributed by atoms with Gasteiger partial charge < -0.3 is 26.2 Å². The zero-order valence-electron chi connectivity index (χ0n) is 18.4. The molecule has 9 nitrogen and oxygen atoms in total. The summed E-state index contributed by atoms with van der Waals surface area (Å²) in [5.41, 5.74) is 6.01. The van der Waals surface area contributed by atoms with E-state index in [-0.39, 0.29) is 19.3 Å². The summed E-state index contributed by atoms with van der Waals surface area (Å²) in [6, 6.07) is 6.30. The van der Waals surface area contributed by atoms with Gasteiger partial charge in [-0.3, -0.25) is 14.4 Å². The summed E-state index contributed by atoms with van der Waals surface area (Å²) in [4.78, 5) is 46.5. The maximum Gasteiger partial charge on any atom is 0.408 e. The fourth-order valence-corrected chi connectivity index (χ4v) is 2.82. The predicted octanol–water partition coefficient (Wildman–Crippen LogP) is 2.97. The van der Waals surface area contributed by atoms with E-state index in [0.29, 0.717) is 12.1 Å². The summed E-state index contributed by atoms with van der Waals surface area (Å²) in [5, 5.41) is 13.9. The number of nitrogens with one attached hydrogen (secondary N) is 2. The molecule has 0 heterocycles. The third-order valence-corrected chi connectivity index (χ3v) is 4.24. The summed E-state index contributed by atoms with van der Waals surface area (Å²) in [6.45, 7) is 5.12. The van der Waals surface area contributed by atoms with E-state index < -0.39 is 35.5 Å². The second kappa shape index (κ2) is 12.6. The van der Waals surface area contributed by atoms with Crippen LogP contribution in [0.25, 0.3) is 0 Å². The minimum atomic E-state index is -0.984. The fraction of sp³-hybridized carbons (Fsp3) is 0.545. The molecule has 1 aromatic carbocycles. The first-order valence-corrected chi connectivity index (χ1v) is 10.4. The molecule has 0 aliphatic carbocycles. The van der Waals surface area contributed by atoms with Crippen LogP contribution in [0.3, 0.4) is 0 Å². The van der Waals surface area contributed by atoms with Crippen molar-refractivity contribution in [3.05, 3.63) is 29.8 Å². The first kappa shape index (κ1) is 25.9. The molecule has 0 aromatic heterocycles. The minimum Gasteiger partial charge on any atom is -0.481 e. The number of primary amides is 1. The highest BCUT2D eigenvalue weighted by molar-refractivity contribution is 5.96. The van der Waals surface area contributed by atoms with Gasteiger partial charge in [-0.1, -0.05) is 18.6 Å². The molecule has 0 fully saturated rings. The highest BCUT2D eigenvalue weighted by Gasteiger charge is 2.25. The molecule has 0 aliphatic rings. The minimum absolute atomic E-state index is 0.0453. The van der Waals surface area contributed by atoms with Crippen LogP contribution in [-0.2, 0) is 25.5 Å². The Hall–Kier alpha value is -3.10. The Morgan fingerprint density at radius 1 is 1.10 bits per heavy atom. The number of hydrogen-bond donors (Lipinski definition) is 4. The number of aryl methyl sites for hydroxylation is 1. The number of carboxylic acids is 1. The number of carbonyl (C=O) groups excluding carboxylic acids is 3. The average Bonchev–Trinajstić information content (AvgIpc) is 2.63. The van der Waals surface area contributed by atoms with Crippen molar-refractivity contribution in [1.29, 1.82) is 0 Å². The number of unbranched alkanes of at least 4 members (excludes halogenated alkanes) is 2. The first-order chi connectivity index (χ1) is 14.5. The smallest absolute Gasteiger partial charge is 0.408 e. The molecule has 1 rings (SSSR count).